The van der Waals surface area contributed by atoms with E-state index in [1.165, 1.54) is 39.2 Å². The van der Waals surface area contributed by atoms with Crippen LogP contribution in [0.3, 0.4) is 0 Å². The van der Waals surface area contributed by atoms with E-state index < -0.39 is 11.7 Å². The van der Waals surface area contributed by atoms with Gasteiger partial charge in [-0.25, -0.2) is 4.79 Å². The molecule has 1 aromatic carbocycles. The van der Waals surface area contributed by atoms with Crippen LogP contribution in [0.5, 0.6) is 0 Å². The molecule has 1 aliphatic heterocycles. The van der Waals surface area contributed by atoms with Gasteiger partial charge in [0.15, 0.2) is 0 Å². The summed E-state index contributed by atoms with van der Waals surface area (Å²) < 4.78 is 5.08. The number of likely N-dealkylation sites (N-methyl/N-ethyl adjacent to an activating group) is 1. The second-order valence-electron chi connectivity index (χ2n) is 11.4. The number of ether oxygens (including phenoxy) is 1. The van der Waals surface area contributed by atoms with Crippen LogP contribution in [-0.4, -0.2) is 74.4 Å². The molecule has 1 saturated heterocycles. The number of halogens is 1. The molecule has 9 heteroatoms. The molecule has 1 saturated carbocycles. The maximum absolute atomic E-state index is 13.4. The Labute approximate surface area is 239 Å². The van der Waals surface area contributed by atoms with Crippen LogP contribution in [0, 0.1) is 11.8 Å². The number of nitrogens with one attached hydrogen (secondary N) is 3. The van der Waals surface area contributed by atoms with Gasteiger partial charge in [-0.1, -0.05) is 55.8 Å². The molecule has 8 nitrogen and oxygen atoms in total. The third-order valence-corrected chi connectivity index (χ3v) is 8.82. The smallest absolute Gasteiger partial charge is 0.317 e. The molecule has 0 bridgehead atoms. The molecule has 0 spiro atoms. The highest BCUT2D eigenvalue weighted by molar-refractivity contribution is 6.30. The molecular weight excluding hydrogens is 516 g/mol. The summed E-state index contributed by atoms with van der Waals surface area (Å²) in [5, 5.41) is 22.2. The lowest BCUT2D eigenvalue weighted by Gasteiger charge is -2.43. The Morgan fingerprint density at radius 2 is 1.97 bits per heavy atom. The molecule has 1 aliphatic carbocycles. The molecule has 0 aromatic heterocycles. The normalized spacial score (nSPS) is 21.6. The van der Waals surface area contributed by atoms with Crippen molar-refractivity contribution in [2.75, 3.05) is 40.3 Å². The van der Waals surface area contributed by atoms with E-state index in [1.54, 1.807) is 13.0 Å². The number of carbonyl (C=O) groups excluding carboxylic acids is 2. The van der Waals surface area contributed by atoms with Gasteiger partial charge in [0.25, 0.3) is 0 Å². The number of rotatable bonds is 13. The summed E-state index contributed by atoms with van der Waals surface area (Å²) in [6, 6.07) is 7.42. The lowest BCUT2D eigenvalue weighted by Crippen LogP contribution is -2.54. The first kappa shape index (κ1) is 31.7. The standard InChI is InChI=1S/C30H49ClN4O4/c1-22(39-3)28(36)33-16-9-15-30(38,24-12-7-14-26(31)19-24)25-13-8-17-35(21-25)29(37)34-27(20-32-2)18-23-10-5-4-6-11-23/h7,12,14,19,22-23,25,27,32,38H,4-6,8-11,13,15-18,20-21H2,1-3H3,(H,33,36)(H,34,37). The topological polar surface area (TPSA) is 103 Å². The van der Waals surface area contributed by atoms with E-state index in [2.05, 4.69) is 16.0 Å². The fourth-order valence-corrected chi connectivity index (χ4v) is 6.43. The van der Waals surface area contributed by atoms with E-state index in [0.29, 0.717) is 43.4 Å². The number of nitrogens with zero attached hydrogens (tertiary/aromatic N) is 1. The van der Waals surface area contributed by atoms with Gasteiger partial charge < -0.3 is 30.7 Å². The lowest BCUT2D eigenvalue weighted by molar-refractivity contribution is -0.130. The molecular formula is C30H49ClN4O4. The van der Waals surface area contributed by atoms with E-state index in [9.17, 15) is 14.7 Å². The van der Waals surface area contributed by atoms with Gasteiger partial charge in [-0.15, -0.1) is 0 Å². The third kappa shape index (κ3) is 9.34. The second kappa shape index (κ2) is 15.8. The van der Waals surface area contributed by atoms with Crippen molar-refractivity contribution in [1.82, 2.24) is 20.9 Å². The molecule has 4 atom stereocenters. The van der Waals surface area contributed by atoms with E-state index in [-0.39, 0.29) is 23.9 Å². The van der Waals surface area contributed by atoms with Crippen molar-refractivity contribution in [3.8, 4) is 0 Å². The summed E-state index contributed by atoms with van der Waals surface area (Å²) in [5.41, 5.74) is -0.419. The highest BCUT2D eigenvalue weighted by Crippen LogP contribution is 2.40. The fourth-order valence-electron chi connectivity index (χ4n) is 6.24. The minimum atomic E-state index is -1.17. The Balaban J connectivity index is 1.67. The maximum atomic E-state index is 13.4. The van der Waals surface area contributed by atoms with E-state index in [4.69, 9.17) is 16.3 Å². The molecule has 1 heterocycles. The van der Waals surface area contributed by atoms with Crippen LogP contribution in [0.4, 0.5) is 4.79 Å². The summed E-state index contributed by atoms with van der Waals surface area (Å²) in [6.45, 7) is 4.03. The summed E-state index contributed by atoms with van der Waals surface area (Å²) in [7, 11) is 3.44. The van der Waals surface area contributed by atoms with Crippen molar-refractivity contribution in [2.24, 2.45) is 11.8 Å². The van der Waals surface area contributed by atoms with E-state index in [1.807, 2.05) is 30.1 Å². The van der Waals surface area contributed by atoms with Gasteiger partial charge in [0.2, 0.25) is 5.91 Å². The fraction of sp³-hybridized carbons (Fsp3) is 0.733. The maximum Gasteiger partial charge on any atom is 0.317 e. The van der Waals surface area contributed by atoms with Gasteiger partial charge in [-0.2, -0.15) is 0 Å². The average Bonchev–Trinajstić information content (AvgIpc) is 2.95. The van der Waals surface area contributed by atoms with Crippen LogP contribution in [0.15, 0.2) is 24.3 Å². The second-order valence-corrected chi connectivity index (χ2v) is 11.9. The summed E-state index contributed by atoms with van der Waals surface area (Å²) >= 11 is 6.33. The largest absolute Gasteiger partial charge is 0.385 e. The number of likely N-dealkylation sites (tertiary alicyclic amines) is 1. The Morgan fingerprint density at radius 3 is 2.67 bits per heavy atom. The summed E-state index contributed by atoms with van der Waals surface area (Å²) in [6.07, 6.45) is 9.53. The molecule has 4 unspecified atom stereocenters. The third-order valence-electron chi connectivity index (χ3n) is 8.59. The number of hydrogen-bond acceptors (Lipinski definition) is 5. The number of benzene rings is 1. The molecule has 0 radical (unpaired) electrons. The van der Waals surface area contributed by atoms with Gasteiger partial charge in [0.05, 0.1) is 5.60 Å². The van der Waals surface area contributed by atoms with Crippen molar-refractivity contribution in [3.05, 3.63) is 34.9 Å². The zero-order valence-electron chi connectivity index (χ0n) is 24.0. The highest BCUT2D eigenvalue weighted by atomic mass is 35.5. The minimum Gasteiger partial charge on any atom is -0.385 e. The number of piperidine rings is 1. The summed E-state index contributed by atoms with van der Waals surface area (Å²) in [4.78, 5) is 27.4. The van der Waals surface area contributed by atoms with Gasteiger partial charge in [-0.05, 0) is 69.7 Å². The molecule has 1 aromatic rings. The van der Waals surface area contributed by atoms with Gasteiger partial charge in [0, 0.05) is 50.3 Å². The monoisotopic (exact) mass is 564 g/mol. The number of hydrogen-bond donors (Lipinski definition) is 4. The van der Waals surface area contributed by atoms with Crippen LogP contribution in [0.25, 0.3) is 0 Å². The first-order valence-corrected chi connectivity index (χ1v) is 15.1. The molecule has 3 amide bonds. The zero-order chi connectivity index (χ0) is 28.3. The van der Waals surface area contributed by atoms with Crippen molar-refractivity contribution in [1.29, 1.82) is 0 Å². The first-order chi connectivity index (χ1) is 18.8. The van der Waals surface area contributed by atoms with Crippen molar-refractivity contribution >= 4 is 23.5 Å². The number of amides is 3. The van der Waals surface area contributed by atoms with Crippen LogP contribution in [-0.2, 0) is 15.1 Å². The van der Waals surface area contributed by atoms with Crippen LogP contribution in [0.2, 0.25) is 5.02 Å². The van der Waals surface area contributed by atoms with Gasteiger partial charge in [-0.3, -0.25) is 4.79 Å². The molecule has 2 fully saturated rings. The minimum absolute atomic E-state index is 0.0509. The summed E-state index contributed by atoms with van der Waals surface area (Å²) in [5.74, 6) is 0.352. The van der Waals surface area contributed by atoms with Crippen LogP contribution >= 0.6 is 11.6 Å². The average molecular weight is 565 g/mol. The number of carbonyl (C=O) groups is 2. The van der Waals surface area contributed by atoms with Crippen LogP contribution < -0.4 is 16.0 Å². The predicted octanol–water partition coefficient (Wildman–Crippen LogP) is 4.44. The molecule has 220 valence electrons. The van der Waals surface area contributed by atoms with E-state index in [0.717, 1.165) is 31.4 Å². The van der Waals surface area contributed by atoms with Crippen LogP contribution in [0.1, 0.15) is 76.7 Å². The quantitative estimate of drug-likeness (QED) is 0.265. The van der Waals surface area contributed by atoms with Gasteiger partial charge >= 0.3 is 6.03 Å². The molecule has 39 heavy (non-hydrogen) atoms. The van der Waals surface area contributed by atoms with Gasteiger partial charge in [0.1, 0.15) is 6.10 Å². The Hall–Kier alpha value is -1.87. The number of urea groups is 1. The lowest BCUT2D eigenvalue weighted by atomic mass is 9.74. The molecule has 3 rings (SSSR count). The SMILES string of the molecule is CNCC(CC1CCCCC1)NC(=O)N1CCCC(C(O)(CCCNC(=O)C(C)OC)c2cccc(Cl)c2)C1. The Kier molecular flexibility index (Phi) is 12.8. The first-order valence-electron chi connectivity index (χ1n) is 14.8. The molecule has 4 N–H and O–H groups in total. The number of aliphatic hydroxyl groups is 1. The zero-order valence-corrected chi connectivity index (χ0v) is 24.8. The van der Waals surface area contributed by atoms with Crippen molar-refractivity contribution in [3.63, 3.8) is 0 Å². The number of methoxy groups -OCH3 is 1. The predicted molar refractivity (Wildman–Crippen MR) is 156 cm³/mol. The Morgan fingerprint density at radius 1 is 1.21 bits per heavy atom. The van der Waals surface area contributed by atoms with Crippen molar-refractivity contribution in [2.45, 2.75) is 88.9 Å². The molecule has 2 aliphatic rings. The van der Waals surface area contributed by atoms with Crippen molar-refractivity contribution < 1.29 is 19.4 Å². The Bertz CT molecular complexity index is 913. The van der Waals surface area contributed by atoms with E-state index >= 15 is 0 Å². The highest BCUT2D eigenvalue weighted by Gasteiger charge is 2.41.